The van der Waals surface area contributed by atoms with Crippen molar-refractivity contribution >= 4 is 0 Å². The van der Waals surface area contributed by atoms with E-state index in [1.54, 1.807) is 0 Å². The Morgan fingerprint density at radius 1 is 1.05 bits per heavy atom. The fourth-order valence-electron chi connectivity index (χ4n) is 2.70. The van der Waals surface area contributed by atoms with Gasteiger partial charge >= 0.3 is 0 Å². The van der Waals surface area contributed by atoms with E-state index < -0.39 is 0 Å². The molecule has 120 valence electrons. The minimum Gasteiger partial charge on any atom is -0.329 e. The first-order valence-electron chi connectivity index (χ1n) is 8.25. The van der Waals surface area contributed by atoms with Crippen LogP contribution in [0.25, 0.3) is 0 Å². The molecule has 0 aliphatic heterocycles. The normalized spacial score (nSPS) is 14.4. The van der Waals surface area contributed by atoms with Crippen molar-refractivity contribution in [2.24, 2.45) is 5.73 Å². The minimum atomic E-state index is -0.179. The van der Waals surface area contributed by atoms with Crippen LogP contribution in [-0.2, 0) is 6.42 Å². The highest BCUT2D eigenvalue weighted by Gasteiger charge is 2.29. The molecule has 0 bridgehead atoms. The van der Waals surface area contributed by atoms with E-state index in [0.717, 1.165) is 25.1 Å². The van der Waals surface area contributed by atoms with Crippen molar-refractivity contribution in [3.8, 4) is 0 Å². The number of unbranched alkanes of at least 4 members (excludes halogenated alkanes) is 2. The lowest BCUT2D eigenvalue weighted by Crippen LogP contribution is -2.53. The van der Waals surface area contributed by atoms with Gasteiger partial charge in [-0.15, -0.1) is 0 Å². The number of hydrogen-bond donors (Lipinski definition) is 1. The highest BCUT2D eigenvalue weighted by Crippen LogP contribution is 2.22. The average Bonchev–Trinajstić information content (AvgIpc) is 2.49. The largest absolute Gasteiger partial charge is 0.329 e. The van der Waals surface area contributed by atoms with Gasteiger partial charge in [0, 0.05) is 12.1 Å². The van der Waals surface area contributed by atoms with E-state index >= 15 is 0 Å². The van der Waals surface area contributed by atoms with E-state index in [-0.39, 0.29) is 11.4 Å². The monoisotopic (exact) mass is 294 g/mol. The second kappa shape index (κ2) is 9.16. The van der Waals surface area contributed by atoms with E-state index in [1.807, 2.05) is 12.1 Å². The van der Waals surface area contributed by atoms with Gasteiger partial charge in [-0.05, 0) is 57.0 Å². The number of benzene rings is 1. The van der Waals surface area contributed by atoms with Crippen LogP contribution >= 0.6 is 0 Å². The Bertz CT molecular complexity index is 383. The smallest absolute Gasteiger partial charge is 0.123 e. The van der Waals surface area contributed by atoms with Gasteiger partial charge in [0.05, 0.1) is 0 Å². The summed E-state index contributed by atoms with van der Waals surface area (Å²) in [6, 6.07) is 6.82. The third kappa shape index (κ3) is 5.76. The predicted molar refractivity (Wildman–Crippen MR) is 89.0 cm³/mol. The highest BCUT2D eigenvalue weighted by atomic mass is 19.1. The van der Waals surface area contributed by atoms with E-state index in [9.17, 15) is 4.39 Å². The molecule has 1 unspecified atom stereocenters. The minimum absolute atomic E-state index is 0.0534. The lowest BCUT2D eigenvalue weighted by atomic mass is 9.90. The molecular formula is C18H31FN2. The molecule has 21 heavy (non-hydrogen) atoms. The Morgan fingerprint density at radius 3 is 2.00 bits per heavy atom. The third-order valence-corrected chi connectivity index (χ3v) is 4.26. The van der Waals surface area contributed by atoms with Gasteiger partial charge in [0.2, 0.25) is 0 Å². The van der Waals surface area contributed by atoms with Crippen molar-refractivity contribution in [3.63, 3.8) is 0 Å². The molecule has 0 heterocycles. The molecule has 0 spiro atoms. The van der Waals surface area contributed by atoms with E-state index in [4.69, 9.17) is 5.73 Å². The van der Waals surface area contributed by atoms with Gasteiger partial charge < -0.3 is 5.73 Å². The molecule has 0 saturated carbocycles. The summed E-state index contributed by atoms with van der Waals surface area (Å²) in [5.74, 6) is -0.179. The van der Waals surface area contributed by atoms with Crippen LogP contribution in [0.1, 0.15) is 52.0 Å². The van der Waals surface area contributed by atoms with Crippen LogP contribution < -0.4 is 5.73 Å². The van der Waals surface area contributed by atoms with E-state index in [0.29, 0.717) is 6.54 Å². The van der Waals surface area contributed by atoms with Crippen molar-refractivity contribution in [3.05, 3.63) is 35.6 Å². The lowest BCUT2D eigenvalue weighted by Gasteiger charge is -2.41. The second-order valence-electron chi connectivity index (χ2n) is 6.20. The van der Waals surface area contributed by atoms with Crippen LogP contribution in [0, 0.1) is 5.82 Å². The van der Waals surface area contributed by atoms with Gasteiger partial charge in [0.25, 0.3) is 0 Å². The summed E-state index contributed by atoms with van der Waals surface area (Å²) in [5.41, 5.74) is 7.21. The van der Waals surface area contributed by atoms with Crippen molar-refractivity contribution in [2.45, 2.75) is 58.4 Å². The summed E-state index contributed by atoms with van der Waals surface area (Å²) in [7, 11) is 0. The molecule has 0 aliphatic rings. The molecule has 2 nitrogen and oxygen atoms in total. The fourth-order valence-corrected chi connectivity index (χ4v) is 2.70. The number of nitrogens with zero attached hydrogens (tertiary/aromatic N) is 1. The molecule has 0 aromatic heterocycles. The molecule has 0 amide bonds. The van der Waals surface area contributed by atoms with Gasteiger partial charge in [0.1, 0.15) is 5.82 Å². The summed E-state index contributed by atoms with van der Waals surface area (Å²) >= 11 is 0. The SMILES string of the molecule is CCCCN(CCCC)C(C)(CN)Cc1ccc(F)cc1. The summed E-state index contributed by atoms with van der Waals surface area (Å²) in [6.07, 6.45) is 5.66. The molecule has 0 saturated heterocycles. The van der Waals surface area contributed by atoms with Crippen LogP contribution in [0.5, 0.6) is 0 Å². The Labute approximate surface area is 129 Å². The Hall–Kier alpha value is -0.930. The van der Waals surface area contributed by atoms with Gasteiger partial charge in [-0.2, -0.15) is 0 Å². The fraction of sp³-hybridized carbons (Fsp3) is 0.667. The maximum absolute atomic E-state index is 13.1. The molecule has 1 atom stereocenters. The first kappa shape index (κ1) is 18.1. The van der Waals surface area contributed by atoms with Crippen LogP contribution in [0.2, 0.25) is 0 Å². The summed E-state index contributed by atoms with van der Waals surface area (Å²) in [4.78, 5) is 2.53. The van der Waals surface area contributed by atoms with Crippen molar-refractivity contribution in [1.29, 1.82) is 0 Å². The topological polar surface area (TPSA) is 29.3 Å². The summed E-state index contributed by atoms with van der Waals surface area (Å²) < 4.78 is 13.1. The number of rotatable bonds is 10. The third-order valence-electron chi connectivity index (χ3n) is 4.26. The van der Waals surface area contributed by atoms with Gasteiger partial charge in [-0.25, -0.2) is 4.39 Å². The first-order valence-corrected chi connectivity index (χ1v) is 8.25. The summed E-state index contributed by atoms with van der Waals surface area (Å²) in [5, 5.41) is 0. The quantitative estimate of drug-likeness (QED) is 0.707. The number of hydrogen-bond acceptors (Lipinski definition) is 2. The van der Waals surface area contributed by atoms with Crippen LogP contribution in [0.4, 0.5) is 4.39 Å². The van der Waals surface area contributed by atoms with E-state index in [1.165, 1.54) is 37.8 Å². The van der Waals surface area contributed by atoms with Crippen molar-refractivity contribution < 1.29 is 4.39 Å². The molecule has 0 radical (unpaired) electrons. The standard InChI is InChI=1S/C18H31FN2/c1-4-6-12-21(13-7-5-2)18(3,15-20)14-16-8-10-17(19)11-9-16/h8-11H,4-7,12-15,20H2,1-3H3. The predicted octanol–water partition coefficient (Wildman–Crippen LogP) is 3.99. The number of nitrogens with two attached hydrogens (primary N) is 1. The van der Waals surface area contributed by atoms with Crippen LogP contribution in [-0.4, -0.2) is 30.1 Å². The molecule has 0 aliphatic carbocycles. The highest BCUT2D eigenvalue weighted by molar-refractivity contribution is 5.19. The molecule has 1 aromatic carbocycles. The second-order valence-corrected chi connectivity index (χ2v) is 6.20. The zero-order valence-corrected chi connectivity index (χ0v) is 13.9. The maximum atomic E-state index is 13.1. The Balaban J connectivity index is 2.82. The van der Waals surface area contributed by atoms with Crippen LogP contribution in [0.15, 0.2) is 24.3 Å². The zero-order chi connectivity index (χ0) is 15.7. The lowest BCUT2D eigenvalue weighted by molar-refractivity contribution is 0.106. The molecule has 1 aromatic rings. The van der Waals surface area contributed by atoms with Gasteiger partial charge in [-0.3, -0.25) is 4.90 Å². The number of halogens is 1. The Morgan fingerprint density at radius 2 is 1.57 bits per heavy atom. The maximum Gasteiger partial charge on any atom is 0.123 e. The molecule has 2 N–H and O–H groups in total. The average molecular weight is 294 g/mol. The van der Waals surface area contributed by atoms with Crippen molar-refractivity contribution in [2.75, 3.05) is 19.6 Å². The first-order chi connectivity index (χ1) is 10.1. The van der Waals surface area contributed by atoms with Gasteiger partial charge in [0.15, 0.2) is 0 Å². The van der Waals surface area contributed by atoms with E-state index in [2.05, 4.69) is 25.7 Å². The zero-order valence-electron chi connectivity index (χ0n) is 13.9. The molecule has 3 heteroatoms. The summed E-state index contributed by atoms with van der Waals surface area (Å²) in [6.45, 7) is 9.48. The van der Waals surface area contributed by atoms with Gasteiger partial charge in [-0.1, -0.05) is 38.8 Å². The molecule has 1 rings (SSSR count). The molecular weight excluding hydrogens is 263 g/mol. The Kier molecular flexibility index (Phi) is 7.91. The van der Waals surface area contributed by atoms with Crippen molar-refractivity contribution in [1.82, 2.24) is 4.90 Å². The molecule has 0 fully saturated rings. The van der Waals surface area contributed by atoms with Crippen LogP contribution in [0.3, 0.4) is 0 Å².